The van der Waals surface area contributed by atoms with Crippen LogP contribution in [0.15, 0.2) is 0 Å². The van der Waals surface area contributed by atoms with Crippen LogP contribution in [0, 0.1) is 11.8 Å². The number of hydrogen-bond donors (Lipinski definition) is 2. The summed E-state index contributed by atoms with van der Waals surface area (Å²) in [6, 6.07) is 0.479. The van der Waals surface area contributed by atoms with Gasteiger partial charge in [-0.15, -0.1) is 0 Å². The number of carbonyl (C=O) groups excluding carboxylic acids is 1. The lowest BCUT2D eigenvalue weighted by molar-refractivity contribution is -0.124. The lowest BCUT2D eigenvalue weighted by Gasteiger charge is -2.26. The van der Waals surface area contributed by atoms with Crippen molar-refractivity contribution in [3.05, 3.63) is 0 Å². The fourth-order valence-electron chi connectivity index (χ4n) is 3.39. The summed E-state index contributed by atoms with van der Waals surface area (Å²) in [6.45, 7) is 5.55. The predicted molar refractivity (Wildman–Crippen MR) is 69.8 cm³/mol. The SMILES string of the molecule is CCC1CCC(NC(=O)[C@H]2CCCCN2)C1C. The van der Waals surface area contributed by atoms with Gasteiger partial charge in [-0.1, -0.05) is 26.7 Å². The van der Waals surface area contributed by atoms with Crippen LogP contribution in [0.3, 0.4) is 0 Å². The Kier molecular flexibility index (Phi) is 4.43. The molecule has 98 valence electrons. The Hall–Kier alpha value is -0.570. The van der Waals surface area contributed by atoms with Crippen LogP contribution >= 0.6 is 0 Å². The Morgan fingerprint density at radius 1 is 1.29 bits per heavy atom. The van der Waals surface area contributed by atoms with Gasteiger partial charge in [-0.05, 0) is 44.1 Å². The number of hydrogen-bond acceptors (Lipinski definition) is 2. The summed E-state index contributed by atoms with van der Waals surface area (Å²) in [5.74, 6) is 1.69. The number of rotatable bonds is 3. The Labute approximate surface area is 105 Å². The van der Waals surface area contributed by atoms with Gasteiger partial charge in [-0.2, -0.15) is 0 Å². The molecule has 4 atom stereocenters. The van der Waals surface area contributed by atoms with Gasteiger partial charge in [0.25, 0.3) is 0 Å². The van der Waals surface area contributed by atoms with Crippen molar-refractivity contribution in [1.82, 2.24) is 10.6 Å². The number of nitrogens with one attached hydrogen (secondary N) is 2. The highest BCUT2D eigenvalue weighted by Gasteiger charge is 2.33. The van der Waals surface area contributed by atoms with E-state index in [1.165, 1.54) is 25.7 Å². The van der Waals surface area contributed by atoms with E-state index in [9.17, 15) is 4.79 Å². The van der Waals surface area contributed by atoms with Gasteiger partial charge in [0.1, 0.15) is 0 Å². The van der Waals surface area contributed by atoms with Gasteiger partial charge in [-0.25, -0.2) is 0 Å². The number of amides is 1. The van der Waals surface area contributed by atoms with Crippen LogP contribution in [0.25, 0.3) is 0 Å². The first-order chi connectivity index (χ1) is 8.22. The molecule has 3 unspecified atom stereocenters. The first-order valence-corrected chi connectivity index (χ1v) is 7.26. The molecule has 0 radical (unpaired) electrons. The van der Waals surface area contributed by atoms with Gasteiger partial charge in [0.15, 0.2) is 0 Å². The van der Waals surface area contributed by atoms with Gasteiger partial charge in [0, 0.05) is 6.04 Å². The molecule has 2 rings (SSSR count). The highest BCUT2D eigenvalue weighted by Crippen LogP contribution is 2.33. The molecule has 0 aromatic carbocycles. The molecule has 17 heavy (non-hydrogen) atoms. The van der Waals surface area contributed by atoms with Crippen LogP contribution < -0.4 is 10.6 Å². The summed E-state index contributed by atoms with van der Waals surface area (Å²) < 4.78 is 0. The minimum atomic E-state index is 0.0663. The average Bonchev–Trinajstić information content (AvgIpc) is 2.71. The standard InChI is InChI=1S/C14H26N2O/c1-3-11-7-8-12(10(11)2)16-14(17)13-6-4-5-9-15-13/h10-13,15H,3-9H2,1-2H3,(H,16,17)/t10?,11?,12?,13-/m1/s1. The van der Waals surface area contributed by atoms with E-state index in [1.807, 2.05) is 0 Å². The molecule has 0 bridgehead atoms. The van der Waals surface area contributed by atoms with Crippen molar-refractivity contribution in [2.75, 3.05) is 6.54 Å². The molecule has 3 heteroatoms. The second-order valence-electron chi connectivity index (χ2n) is 5.72. The van der Waals surface area contributed by atoms with Crippen LogP contribution in [-0.2, 0) is 4.79 Å². The van der Waals surface area contributed by atoms with E-state index in [4.69, 9.17) is 0 Å². The van der Waals surface area contributed by atoms with Gasteiger partial charge >= 0.3 is 0 Å². The van der Waals surface area contributed by atoms with E-state index >= 15 is 0 Å². The second kappa shape index (κ2) is 5.85. The van der Waals surface area contributed by atoms with Gasteiger partial charge < -0.3 is 10.6 Å². The zero-order valence-corrected chi connectivity index (χ0v) is 11.2. The fraction of sp³-hybridized carbons (Fsp3) is 0.929. The Morgan fingerprint density at radius 2 is 2.12 bits per heavy atom. The predicted octanol–water partition coefficient (Wildman–Crippen LogP) is 2.07. The first-order valence-electron chi connectivity index (χ1n) is 7.26. The molecule has 0 spiro atoms. The Bertz CT molecular complexity index is 261. The molecular formula is C14H26N2O. The molecule has 1 amide bonds. The average molecular weight is 238 g/mol. The minimum absolute atomic E-state index is 0.0663. The lowest BCUT2D eigenvalue weighted by atomic mass is 9.93. The normalized spacial score (nSPS) is 38.0. The molecule has 2 N–H and O–H groups in total. The van der Waals surface area contributed by atoms with Crippen molar-refractivity contribution < 1.29 is 4.79 Å². The van der Waals surface area contributed by atoms with Gasteiger partial charge in [-0.3, -0.25) is 4.79 Å². The summed E-state index contributed by atoms with van der Waals surface area (Å²) in [5, 5.41) is 6.58. The molecule has 2 fully saturated rings. The smallest absolute Gasteiger partial charge is 0.237 e. The molecule has 1 aliphatic carbocycles. The maximum Gasteiger partial charge on any atom is 0.237 e. The van der Waals surface area contributed by atoms with Crippen LogP contribution in [0.2, 0.25) is 0 Å². The van der Waals surface area contributed by atoms with Crippen molar-refractivity contribution in [3.63, 3.8) is 0 Å². The summed E-state index contributed by atoms with van der Waals surface area (Å²) in [4.78, 5) is 12.1. The van der Waals surface area contributed by atoms with Crippen LogP contribution in [0.1, 0.15) is 52.4 Å². The molecule has 0 aromatic heterocycles. The first kappa shape index (κ1) is 12.9. The molecule has 1 saturated carbocycles. The van der Waals surface area contributed by atoms with Crippen molar-refractivity contribution in [2.45, 2.75) is 64.5 Å². The molecule has 2 aliphatic rings. The number of carbonyl (C=O) groups is 1. The molecule has 0 aromatic rings. The summed E-state index contributed by atoms with van der Waals surface area (Å²) >= 11 is 0. The monoisotopic (exact) mass is 238 g/mol. The van der Waals surface area contributed by atoms with E-state index < -0.39 is 0 Å². The molecule has 1 heterocycles. The van der Waals surface area contributed by atoms with Gasteiger partial charge in [0.05, 0.1) is 6.04 Å². The zero-order valence-electron chi connectivity index (χ0n) is 11.2. The minimum Gasteiger partial charge on any atom is -0.352 e. The van der Waals surface area contributed by atoms with E-state index in [1.54, 1.807) is 0 Å². The summed E-state index contributed by atoms with van der Waals surface area (Å²) in [5.41, 5.74) is 0. The third-order valence-corrected chi connectivity index (χ3v) is 4.71. The fourth-order valence-corrected chi connectivity index (χ4v) is 3.39. The third-order valence-electron chi connectivity index (χ3n) is 4.71. The van der Waals surface area contributed by atoms with E-state index in [-0.39, 0.29) is 11.9 Å². The highest BCUT2D eigenvalue weighted by molar-refractivity contribution is 5.82. The lowest BCUT2D eigenvalue weighted by Crippen LogP contribution is -2.50. The maximum atomic E-state index is 12.1. The molecular weight excluding hydrogens is 212 g/mol. The number of piperidine rings is 1. The zero-order chi connectivity index (χ0) is 12.3. The quantitative estimate of drug-likeness (QED) is 0.790. The topological polar surface area (TPSA) is 41.1 Å². The molecule has 1 saturated heterocycles. The van der Waals surface area contributed by atoms with E-state index in [0.29, 0.717) is 12.0 Å². The van der Waals surface area contributed by atoms with Crippen LogP contribution in [-0.4, -0.2) is 24.5 Å². The van der Waals surface area contributed by atoms with Crippen LogP contribution in [0.4, 0.5) is 0 Å². The van der Waals surface area contributed by atoms with Crippen molar-refractivity contribution in [3.8, 4) is 0 Å². The van der Waals surface area contributed by atoms with Crippen molar-refractivity contribution in [2.24, 2.45) is 11.8 Å². The van der Waals surface area contributed by atoms with Crippen molar-refractivity contribution in [1.29, 1.82) is 0 Å². The Balaban J connectivity index is 1.82. The van der Waals surface area contributed by atoms with E-state index in [0.717, 1.165) is 25.3 Å². The molecule has 3 nitrogen and oxygen atoms in total. The second-order valence-corrected chi connectivity index (χ2v) is 5.72. The van der Waals surface area contributed by atoms with Gasteiger partial charge in [0.2, 0.25) is 5.91 Å². The molecule has 1 aliphatic heterocycles. The highest BCUT2D eigenvalue weighted by atomic mass is 16.2. The van der Waals surface area contributed by atoms with E-state index in [2.05, 4.69) is 24.5 Å². The Morgan fingerprint density at radius 3 is 2.71 bits per heavy atom. The maximum absolute atomic E-state index is 12.1. The van der Waals surface area contributed by atoms with Crippen LogP contribution in [0.5, 0.6) is 0 Å². The van der Waals surface area contributed by atoms with Crippen molar-refractivity contribution >= 4 is 5.91 Å². The largest absolute Gasteiger partial charge is 0.352 e. The summed E-state index contributed by atoms with van der Waals surface area (Å²) in [7, 11) is 0. The third kappa shape index (κ3) is 3.01. The summed E-state index contributed by atoms with van der Waals surface area (Å²) in [6.07, 6.45) is 7.09.